The molecule has 3 amide bonds. The Morgan fingerprint density at radius 1 is 1.02 bits per heavy atom. The summed E-state index contributed by atoms with van der Waals surface area (Å²) in [6.45, 7) is 2.43. The third kappa shape index (κ3) is 8.37. The quantitative estimate of drug-likeness (QED) is 0.0871. The first kappa shape index (κ1) is 34.3. The Labute approximate surface area is 268 Å². The van der Waals surface area contributed by atoms with Gasteiger partial charge in [0.1, 0.15) is 0 Å². The maximum absolute atomic E-state index is 13.3. The molecule has 0 aliphatic carbocycles. The molecule has 2 heterocycles. The molecule has 0 aliphatic heterocycles. The van der Waals surface area contributed by atoms with Gasteiger partial charge in [-0.05, 0) is 6.92 Å². The normalized spacial score (nSPS) is 12.1. The summed E-state index contributed by atoms with van der Waals surface area (Å²) in [5, 5.41) is 2.91. The van der Waals surface area contributed by atoms with Crippen molar-refractivity contribution in [1.29, 1.82) is 0 Å². The molecule has 0 saturated heterocycles. The average Bonchev–Trinajstić information content (AvgIpc) is 3.40. The van der Waals surface area contributed by atoms with Crippen LogP contribution in [-0.4, -0.2) is 75.3 Å². The summed E-state index contributed by atoms with van der Waals surface area (Å²) in [7, 11) is -1.35. The molecule has 242 valence electrons. The number of benzene rings is 2. The van der Waals surface area contributed by atoms with Gasteiger partial charge < -0.3 is 4.74 Å². The number of ether oxygens (including phenoxy) is 2. The molecule has 4 rings (SSSR count). The summed E-state index contributed by atoms with van der Waals surface area (Å²) in [5.41, 5.74) is -4.71. The van der Waals surface area contributed by atoms with E-state index in [1.165, 1.54) is 64.6 Å². The molecule has 1 N–H and O–H groups in total. The second-order valence-corrected chi connectivity index (χ2v) is 16.7. The van der Waals surface area contributed by atoms with Gasteiger partial charge in [-0.1, -0.05) is 0 Å². The summed E-state index contributed by atoms with van der Waals surface area (Å²) in [6.07, 6.45) is 1.11. The number of aromatic nitrogens is 2. The van der Waals surface area contributed by atoms with E-state index in [1.54, 1.807) is 32.3 Å². The van der Waals surface area contributed by atoms with E-state index in [9.17, 15) is 31.2 Å². The van der Waals surface area contributed by atoms with Crippen molar-refractivity contribution < 1.29 is 43.2 Å². The van der Waals surface area contributed by atoms with Gasteiger partial charge in [0, 0.05) is 6.61 Å². The minimum absolute atomic E-state index is 0.0774. The molecule has 0 unspecified atom stereocenters. The van der Waals surface area contributed by atoms with Crippen molar-refractivity contribution in [2.24, 2.45) is 0 Å². The minimum atomic E-state index is -5.97. The monoisotopic (exact) mass is 781 g/mol. The third-order valence-electron chi connectivity index (χ3n) is 5.76. The van der Waals surface area contributed by atoms with Gasteiger partial charge in [0.2, 0.25) is 0 Å². The third-order valence-corrected chi connectivity index (χ3v) is 13.7. The molecule has 4 aromatic rings. The van der Waals surface area contributed by atoms with Crippen LogP contribution >= 0.6 is 31.6 Å². The van der Waals surface area contributed by atoms with E-state index in [4.69, 9.17) is 12.0 Å². The van der Waals surface area contributed by atoms with Crippen molar-refractivity contribution in [3.63, 3.8) is 0 Å². The molecule has 2 aromatic carbocycles. The fourth-order valence-electron chi connectivity index (χ4n) is 3.52. The number of carbonyl (C=O) groups is 2. The van der Waals surface area contributed by atoms with Gasteiger partial charge in [0.15, 0.2) is 6.79 Å². The first-order valence-electron chi connectivity index (χ1n) is 12.8. The number of pyridine rings is 1. The van der Waals surface area contributed by atoms with Gasteiger partial charge in [-0.25, -0.2) is 0 Å². The Morgan fingerprint density at radius 3 is 2.31 bits per heavy atom. The van der Waals surface area contributed by atoms with Crippen LogP contribution in [0.4, 0.5) is 28.8 Å². The number of alkyl halides is 3. The van der Waals surface area contributed by atoms with Gasteiger partial charge >= 0.3 is 244 Å². The van der Waals surface area contributed by atoms with E-state index in [0.29, 0.717) is 23.6 Å². The van der Waals surface area contributed by atoms with E-state index in [0.717, 1.165) is 10.9 Å². The zero-order valence-electron chi connectivity index (χ0n) is 24.2. The van der Waals surface area contributed by atoms with Crippen LogP contribution in [0.15, 0.2) is 60.8 Å². The first-order valence-corrected chi connectivity index (χ1v) is 18.1. The van der Waals surface area contributed by atoms with Crippen molar-refractivity contribution in [3.05, 3.63) is 73.6 Å². The van der Waals surface area contributed by atoms with E-state index in [2.05, 4.69) is 15.3 Å². The summed E-state index contributed by atoms with van der Waals surface area (Å²) < 4.78 is 80.3. The number of fused-ring (bicyclic) bond motifs is 1. The van der Waals surface area contributed by atoms with Crippen LogP contribution in [0, 0.1) is 7.14 Å². The Hall–Kier alpha value is -3.59. The van der Waals surface area contributed by atoms with Crippen molar-refractivity contribution in [2.75, 3.05) is 44.8 Å². The zero-order valence-corrected chi connectivity index (χ0v) is 28.0. The number of rotatable bonds is 11. The fraction of sp³-hybridized carbons (Fsp3) is 0.259. The number of hydrogen-bond donors (Lipinski definition) is 1. The summed E-state index contributed by atoms with van der Waals surface area (Å²) in [5.74, 6) is -0.0805. The van der Waals surface area contributed by atoms with Crippen LogP contribution in [0.1, 0.15) is 17.4 Å². The summed E-state index contributed by atoms with van der Waals surface area (Å²) in [6, 6.07) is 13.1. The molecule has 18 heteroatoms. The molecule has 0 bridgehead atoms. The van der Waals surface area contributed by atoms with Gasteiger partial charge in [0.25, 0.3) is 0 Å². The van der Waals surface area contributed by atoms with Crippen molar-refractivity contribution >= 4 is 74.7 Å². The predicted molar refractivity (Wildman–Crippen MR) is 170 cm³/mol. The molecule has 0 fully saturated rings. The van der Waals surface area contributed by atoms with E-state index < -0.39 is 41.8 Å². The number of amides is 3. The molecular weight excluding hydrogens is 754 g/mol. The molecule has 12 nitrogen and oxygen atoms in total. The van der Waals surface area contributed by atoms with Crippen molar-refractivity contribution in [2.45, 2.75) is 12.4 Å². The van der Waals surface area contributed by atoms with Gasteiger partial charge in [-0.2, -0.15) is 0 Å². The number of nitrogens with zero attached hydrogens (tertiary/aromatic N) is 4. The second kappa shape index (κ2) is 14.2. The molecule has 0 atom stereocenters. The summed E-state index contributed by atoms with van der Waals surface area (Å²) >= 11 is -2.62. The van der Waals surface area contributed by atoms with Crippen LogP contribution in [0.2, 0.25) is 0 Å². The number of halogens is 4. The standard InChI is InChI=1S/C27H27F3IN5O7S2/c1-5-41-16-42-20-11-13-21-23(14-20)44-25(33-21)34-24(37)22-12-8-18(15-32-22)31(43-45(39,40)27(28,29)30)17-6-9-19(10-7-17)36(4)26(38)35(2)3/h6-15H,5,16H2,1-4H3,(H,33,34,37). The van der Waals surface area contributed by atoms with E-state index in [1.807, 2.05) is 6.92 Å². The topological polar surface area (TPSA) is 140 Å². The van der Waals surface area contributed by atoms with Crippen LogP contribution < -0.4 is 15.0 Å². The number of thiazole rings is 1. The van der Waals surface area contributed by atoms with Gasteiger partial charge in [-0.3, -0.25) is 0 Å². The van der Waals surface area contributed by atoms with Crippen molar-refractivity contribution in [3.8, 4) is 5.75 Å². The Bertz CT molecular complexity index is 1770. The molecule has 0 saturated carbocycles. The van der Waals surface area contributed by atoms with E-state index in [-0.39, 0.29) is 30.8 Å². The number of urea groups is 1. The van der Waals surface area contributed by atoms with E-state index >= 15 is 0 Å². The Kier molecular flexibility index (Phi) is 10.8. The van der Waals surface area contributed by atoms with Crippen LogP contribution in [0.3, 0.4) is 0 Å². The first-order chi connectivity index (χ1) is 21.2. The number of carbonyl (C=O) groups excluding carboxylic acids is 2. The Morgan fingerprint density at radius 2 is 1.71 bits per heavy atom. The van der Waals surface area contributed by atoms with Crippen LogP contribution in [-0.2, 0) is 17.4 Å². The molecular formula is C27H27F3IN5O7S2. The molecule has 0 radical (unpaired) electrons. The van der Waals surface area contributed by atoms with Gasteiger partial charge in [-0.15, -0.1) is 0 Å². The van der Waals surface area contributed by atoms with Crippen LogP contribution in [0.5, 0.6) is 5.75 Å². The molecule has 2 aromatic heterocycles. The maximum atomic E-state index is 13.3. The molecule has 0 aliphatic rings. The Balaban J connectivity index is 1.56. The number of nitrogens with one attached hydrogen (secondary N) is 1. The molecule has 0 spiro atoms. The van der Waals surface area contributed by atoms with Crippen LogP contribution in [0.25, 0.3) is 10.2 Å². The SMILES string of the molecule is CCOCOc1ccc2nc(NC(=O)c3ccc(I(OS(=O)(=O)C(F)(F)F)c4ccc(N(C)C(=O)N(C)C)cc4)cn3)sc2c1. The average molecular weight is 782 g/mol. The summed E-state index contributed by atoms with van der Waals surface area (Å²) in [4.78, 5) is 36.2. The number of anilines is 2. The fourth-order valence-corrected chi connectivity index (χ4v) is 10.7. The second-order valence-electron chi connectivity index (χ2n) is 9.14. The predicted octanol–water partition coefficient (Wildman–Crippen LogP) is 5.76. The zero-order chi connectivity index (χ0) is 32.9. The van der Waals surface area contributed by atoms with Gasteiger partial charge in [0.05, 0.1) is 0 Å². The molecule has 45 heavy (non-hydrogen) atoms. The van der Waals surface area contributed by atoms with Crippen molar-refractivity contribution in [1.82, 2.24) is 14.9 Å². The number of hydrogen-bond acceptors (Lipinski definition) is 10.